The normalized spacial score (nSPS) is 20.0. The Hall–Kier alpha value is -2.04. The van der Waals surface area contributed by atoms with Gasteiger partial charge in [-0.05, 0) is 43.2 Å². The Morgan fingerprint density at radius 3 is 2.74 bits per heavy atom. The maximum atomic E-state index is 12.1. The van der Waals surface area contributed by atoms with Crippen LogP contribution in [0.1, 0.15) is 49.3 Å². The molecule has 1 aliphatic heterocycles. The SMILES string of the molecule is O=C(NCCC(=O)N1CCCC1)NC1CCCc2ccccc21. The number of likely N-dealkylation sites (tertiary alicyclic amines) is 1. The molecule has 2 aliphatic rings. The summed E-state index contributed by atoms with van der Waals surface area (Å²) in [5.41, 5.74) is 2.55. The lowest BCUT2D eigenvalue weighted by Gasteiger charge is -2.26. The van der Waals surface area contributed by atoms with Crippen molar-refractivity contribution >= 4 is 11.9 Å². The molecule has 23 heavy (non-hydrogen) atoms. The average molecular weight is 315 g/mol. The van der Waals surface area contributed by atoms with Crippen molar-refractivity contribution in [1.29, 1.82) is 0 Å². The van der Waals surface area contributed by atoms with Crippen LogP contribution in [0.2, 0.25) is 0 Å². The Balaban J connectivity index is 1.44. The smallest absolute Gasteiger partial charge is 0.315 e. The van der Waals surface area contributed by atoms with Gasteiger partial charge in [-0.25, -0.2) is 4.79 Å². The number of amides is 3. The molecule has 0 radical (unpaired) electrons. The molecule has 1 saturated heterocycles. The number of carbonyl (C=O) groups is 2. The van der Waals surface area contributed by atoms with Crippen LogP contribution in [0.5, 0.6) is 0 Å². The van der Waals surface area contributed by atoms with Gasteiger partial charge in [0.05, 0.1) is 6.04 Å². The van der Waals surface area contributed by atoms with Gasteiger partial charge < -0.3 is 15.5 Å². The number of nitrogens with one attached hydrogen (secondary N) is 2. The van der Waals surface area contributed by atoms with Gasteiger partial charge in [0.15, 0.2) is 0 Å². The molecular weight excluding hydrogens is 290 g/mol. The Labute approximate surface area is 137 Å². The summed E-state index contributed by atoms with van der Waals surface area (Å²) in [7, 11) is 0. The summed E-state index contributed by atoms with van der Waals surface area (Å²) >= 11 is 0. The third-order valence-electron chi connectivity index (χ3n) is 4.76. The molecule has 1 unspecified atom stereocenters. The van der Waals surface area contributed by atoms with Gasteiger partial charge in [0.1, 0.15) is 0 Å². The quantitative estimate of drug-likeness (QED) is 0.896. The van der Waals surface area contributed by atoms with E-state index in [4.69, 9.17) is 0 Å². The van der Waals surface area contributed by atoms with Crippen LogP contribution in [0.25, 0.3) is 0 Å². The number of hydrogen-bond donors (Lipinski definition) is 2. The van der Waals surface area contributed by atoms with E-state index in [1.165, 1.54) is 11.1 Å². The lowest BCUT2D eigenvalue weighted by atomic mass is 9.88. The average Bonchev–Trinajstić information content (AvgIpc) is 3.10. The summed E-state index contributed by atoms with van der Waals surface area (Å²) in [5.74, 6) is 0.144. The number of benzene rings is 1. The fourth-order valence-corrected chi connectivity index (χ4v) is 3.52. The molecule has 0 aromatic heterocycles. The van der Waals surface area contributed by atoms with E-state index in [0.717, 1.165) is 45.2 Å². The minimum absolute atomic E-state index is 0.0780. The second-order valence-electron chi connectivity index (χ2n) is 6.38. The molecule has 5 heteroatoms. The molecule has 0 saturated carbocycles. The first-order chi connectivity index (χ1) is 11.2. The van der Waals surface area contributed by atoms with Crippen LogP contribution >= 0.6 is 0 Å². The van der Waals surface area contributed by atoms with Crippen LogP contribution in [-0.2, 0) is 11.2 Å². The lowest BCUT2D eigenvalue weighted by Crippen LogP contribution is -2.40. The van der Waals surface area contributed by atoms with E-state index >= 15 is 0 Å². The maximum absolute atomic E-state index is 12.1. The summed E-state index contributed by atoms with van der Waals surface area (Å²) in [6.45, 7) is 2.13. The molecule has 1 aliphatic carbocycles. The van der Waals surface area contributed by atoms with Crippen molar-refractivity contribution in [3.05, 3.63) is 35.4 Å². The number of hydrogen-bond acceptors (Lipinski definition) is 2. The summed E-state index contributed by atoms with van der Waals surface area (Å²) in [5, 5.41) is 5.86. The zero-order valence-electron chi connectivity index (χ0n) is 13.5. The van der Waals surface area contributed by atoms with Gasteiger partial charge in [0.2, 0.25) is 5.91 Å². The van der Waals surface area contributed by atoms with Gasteiger partial charge >= 0.3 is 6.03 Å². The number of rotatable bonds is 4. The molecule has 1 aromatic carbocycles. The van der Waals surface area contributed by atoms with Crippen molar-refractivity contribution in [2.24, 2.45) is 0 Å². The molecule has 1 atom stereocenters. The molecule has 1 heterocycles. The van der Waals surface area contributed by atoms with E-state index in [0.29, 0.717) is 13.0 Å². The van der Waals surface area contributed by atoms with Crippen LogP contribution in [0.15, 0.2) is 24.3 Å². The van der Waals surface area contributed by atoms with Crippen LogP contribution in [0.3, 0.4) is 0 Å². The van der Waals surface area contributed by atoms with Gasteiger partial charge in [-0.15, -0.1) is 0 Å². The van der Waals surface area contributed by atoms with Gasteiger partial charge in [0.25, 0.3) is 0 Å². The number of urea groups is 1. The minimum Gasteiger partial charge on any atom is -0.343 e. The van der Waals surface area contributed by atoms with Crippen LogP contribution in [0.4, 0.5) is 4.79 Å². The van der Waals surface area contributed by atoms with E-state index in [1.54, 1.807) is 0 Å². The monoisotopic (exact) mass is 315 g/mol. The molecule has 5 nitrogen and oxygen atoms in total. The van der Waals surface area contributed by atoms with Crippen LogP contribution in [-0.4, -0.2) is 36.5 Å². The van der Waals surface area contributed by atoms with E-state index < -0.39 is 0 Å². The van der Waals surface area contributed by atoms with Crippen LogP contribution < -0.4 is 10.6 Å². The fraction of sp³-hybridized carbons (Fsp3) is 0.556. The number of nitrogens with zero attached hydrogens (tertiary/aromatic N) is 1. The van der Waals surface area contributed by atoms with Crippen molar-refractivity contribution in [3.8, 4) is 0 Å². The summed E-state index contributed by atoms with van der Waals surface area (Å²) in [6.07, 6.45) is 5.73. The van der Waals surface area contributed by atoms with Crippen molar-refractivity contribution in [2.45, 2.75) is 44.6 Å². The Bertz CT molecular complexity index is 567. The predicted molar refractivity (Wildman–Crippen MR) is 89.1 cm³/mol. The zero-order valence-corrected chi connectivity index (χ0v) is 13.5. The Morgan fingerprint density at radius 1 is 1.13 bits per heavy atom. The lowest BCUT2D eigenvalue weighted by molar-refractivity contribution is -0.129. The first-order valence-corrected chi connectivity index (χ1v) is 8.64. The third-order valence-corrected chi connectivity index (χ3v) is 4.76. The molecule has 1 fully saturated rings. The molecule has 3 rings (SSSR count). The van der Waals surface area contributed by atoms with E-state index in [2.05, 4.69) is 22.8 Å². The van der Waals surface area contributed by atoms with E-state index in [1.807, 2.05) is 17.0 Å². The molecule has 2 N–H and O–H groups in total. The van der Waals surface area contributed by atoms with Crippen LogP contribution in [0, 0.1) is 0 Å². The molecule has 0 spiro atoms. The summed E-state index contributed by atoms with van der Waals surface area (Å²) in [4.78, 5) is 25.9. The number of carbonyl (C=O) groups excluding carboxylic acids is 2. The number of fused-ring (bicyclic) bond motifs is 1. The highest BCUT2D eigenvalue weighted by atomic mass is 16.2. The predicted octanol–water partition coefficient (Wildman–Crippen LogP) is 2.38. The third kappa shape index (κ3) is 4.03. The first kappa shape index (κ1) is 15.8. The van der Waals surface area contributed by atoms with Gasteiger partial charge in [-0.3, -0.25) is 4.79 Å². The molecule has 3 amide bonds. The summed E-state index contributed by atoms with van der Waals surface area (Å²) in [6, 6.07) is 8.19. The highest BCUT2D eigenvalue weighted by Crippen LogP contribution is 2.29. The first-order valence-electron chi connectivity index (χ1n) is 8.64. The van der Waals surface area contributed by atoms with Gasteiger partial charge in [0, 0.05) is 26.1 Å². The van der Waals surface area contributed by atoms with Gasteiger partial charge in [-0.2, -0.15) is 0 Å². The molecule has 1 aromatic rings. The fourth-order valence-electron chi connectivity index (χ4n) is 3.52. The largest absolute Gasteiger partial charge is 0.343 e. The highest BCUT2D eigenvalue weighted by molar-refractivity contribution is 5.78. The molecular formula is C18H25N3O2. The standard InChI is InChI=1S/C18H25N3O2/c22-17(21-12-3-4-13-21)10-11-19-18(23)20-16-9-5-7-14-6-1-2-8-15(14)16/h1-2,6,8,16H,3-5,7,9-13H2,(H2,19,20,23). The van der Waals surface area contributed by atoms with Gasteiger partial charge in [-0.1, -0.05) is 24.3 Å². The van der Waals surface area contributed by atoms with Crippen molar-refractivity contribution < 1.29 is 9.59 Å². The van der Waals surface area contributed by atoms with Crippen molar-refractivity contribution in [2.75, 3.05) is 19.6 Å². The molecule has 0 bridgehead atoms. The maximum Gasteiger partial charge on any atom is 0.315 e. The van der Waals surface area contributed by atoms with E-state index in [9.17, 15) is 9.59 Å². The Kier molecular flexibility index (Phi) is 5.16. The Morgan fingerprint density at radius 2 is 1.91 bits per heavy atom. The topological polar surface area (TPSA) is 61.4 Å². The zero-order chi connectivity index (χ0) is 16.1. The van der Waals surface area contributed by atoms with E-state index in [-0.39, 0.29) is 18.0 Å². The summed E-state index contributed by atoms with van der Waals surface area (Å²) < 4.78 is 0. The highest BCUT2D eigenvalue weighted by Gasteiger charge is 2.21. The minimum atomic E-state index is -0.180. The number of aryl methyl sites for hydroxylation is 1. The second-order valence-corrected chi connectivity index (χ2v) is 6.38. The molecule has 124 valence electrons. The van der Waals surface area contributed by atoms with Crippen molar-refractivity contribution in [3.63, 3.8) is 0 Å². The van der Waals surface area contributed by atoms with Crippen molar-refractivity contribution in [1.82, 2.24) is 15.5 Å². The second kappa shape index (κ2) is 7.49.